The van der Waals surface area contributed by atoms with Gasteiger partial charge in [-0.2, -0.15) is 0 Å². The van der Waals surface area contributed by atoms with Crippen molar-refractivity contribution in [3.05, 3.63) is 56.2 Å². The van der Waals surface area contributed by atoms with Gasteiger partial charge in [-0.15, -0.1) is 11.3 Å². The Balaban J connectivity index is 1.96. The summed E-state index contributed by atoms with van der Waals surface area (Å²) in [7, 11) is 0. The van der Waals surface area contributed by atoms with Crippen LogP contribution in [0.2, 0.25) is 10.0 Å². The molecule has 2 rings (SSSR count). The summed E-state index contributed by atoms with van der Waals surface area (Å²) in [4.78, 5) is 13.2. The van der Waals surface area contributed by atoms with Crippen molar-refractivity contribution in [2.24, 2.45) is 0 Å². The molecule has 94 valence electrons. The molecule has 1 heterocycles. The van der Waals surface area contributed by atoms with Crippen LogP contribution >= 0.6 is 34.5 Å². The minimum atomic E-state index is -0.234. The smallest absolute Gasteiger partial charge is 0.254 e. The van der Waals surface area contributed by atoms with Crippen LogP contribution < -0.4 is 5.32 Å². The van der Waals surface area contributed by atoms with Crippen molar-refractivity contribution in [3.8, 4) is 0 Å². The third-order valence-corrected chi connectivity index (χ3v) is 3.99. The molecule has 0 saturated heterocycles. The van der Waals surface area contributed by atoms with Crippen LogP contribution in [-0.4, -0.2) is 12.5 Å². The average Bonchev–Trinajstić information content (AvgIpc) is 2.82. The van der Waals surface area contributed by atoms with E-state index in [9.17, 15) is 4.79 Å². The summed E-state index contributed by atoms with van der Waals surface area (Å²) in [6, 6.07) is 9.06. The molecule has 0 bridgehead atoms. The fourth-order valence-corrected chi connectivity index (χ4v) is 2.84. The summed E-state index contributed by atoms with van der Waals surface area (Å²) in [5.41, 5.74) is 0.340. The average molecular weight is 300 g/mol. The molecule has 18 heavy (non-hydrogen) atoms. The lowest BCUT2D eigenvalue weighted by Gasteiger charge is -2.07. The lowest BCUT2D eigenvalue weighted by atomic mass is 10.2. The zero-order valence-electron chi connectivity index (χ0n) is 9.45. The second-order valence-corrected chi connectivity index (χ2v) is 5.53. The first-order chi connectivity index (χ1) is 8.68. The molecule has 2 nitrogen and oxygen atoms in total. The first kappa shape index (κ1) is 13.4. The van der Waals surface area contributed by atoms with Crippen molar-refractivity contribution in [2.75, 3.05) is 6.54 Å². The number of halogens is 2. The van der Waals surface area contributed by atoms with Gasteiger partial charge < -0.3 is 5.32 Å². The van der Waals surface area contributed by atoms with Crippen LogP contribution in [0.4, 0.5) is 0 Å². The minimum Gasteiger partial charge on any atom is -0.352 e. The molecule has 1 N–H and O–H groups in total. The molecule has 1 aromatic heterocycles. The van der Waals surface area contributed by atoms with Gasteiger partial charge >= 0.3 is 0 Å². The highest BCUT2D eigenvalue weighted by atomic mass is 35.5. The number of benzene rings is 1. The molecule has 0 aliphatic rings. The van der Waals surface area contributed by atoms with Crippen molar-refractivity contribution < 1.29 is 4.79 Å². The number of hydrogen-bond donors (Lipinski definition) is 1. The minimum absolute atomic E-state index is 0.234. The number of nitrogens with one attached hydrogen (secondary N) is 1. The molecule has 1 amide bonds. The van der Waals surface area contributed by atoms with Crippen LogP contribution in [0.15, 0.2) is 35.7 Å². The highest BCUT2D eigenvalue weighted by Crippen LogP contribution is 2.23. The maximum absolute atomic E-state index is 11.9. The van der Waals surface area contributed by atoms with E-state index in [1.807, 2.05) is 17.5 Å². The second-order valence-electron chi connectivity index (χ2n) is 3.68. The SMILES string of the molecule is O=C(NCCc1cccs1)c1c(Cl)cccc1Cl. The van der Waals surface area contributed by atoms with Crippen LogP contribution in [0.1, 0.15) is 15.2 Å². The van der Waals surface area contributed by atoms with Gasteiger partial charge in [0.2, 0.25) is 0 Å². The Kier molecular flexibility index (Phi) is 4.64. The van der Waals surface area contributed by atoms with E-state index >= 15 is 0 Å². The number of carbonyl (C=O) groups excluding carboxylic acids is 1. The summed E-state index contributed by atoms with van der Waals surface area (Å²) in [5.74, 6) is -0.234. The largest absolute Gasteiger partial charge is 0.352 e. The van der Waals surface area contributed by atoms with Crippen molar-refractivity contribution >= 4 is 40.4 Å². The van der Waals surface area contributed by atoms with Gasteiger partial charge in [-0.25, -0.2) is 0 Å². The van der Waals surface area contributed by atoms with E-state index in [4.69, 9.17) is 23.2 Å². The van der Waals surface area contributed by atoms with Crippen molar-refractivity contribution in [1.29, 1.82) is 0 Å². The zero-order chi connectivity index (χ0) is 13.0. The van der Waals surface area contributed by atoms with E-state index < -0.39 is 0 Å². The highest BCUT2D eigenvalue weighted by molar-refractivity contribution is 7.09. The number of hydrogen-bond acceptors (Lipinski definition) is 2. The van der Waals surface area contributed by atoms with E-state index in [-0.39, 0.29) is 5.91 Å². The standard InChI is InChI=1S/C13H11Cl2NOS/c14-10-4-1-5-11(15)12(10)13(17)16-7-6-9-3-2-8-18-9/h1-5,8H,6-7H2,(H,16,17). The topological polar surface area (TPSA) is 29.1 Å². The molecule has 0 radical (unpaired) electrons. The lowest BCUT2D eigenvalue weighted by molar-refractivity contribution is 0.0954. The molecular weight excluding hydrogens is 289 g/mol. The molecule has 0 unspecified atom stereocenters. The van der Waals surface area contributed by atoms with E-state index in [0.29, 0.717) is 22.2 Å². The summed E-state index contributed by atoms with van der Waals surface area (Å²) in [6.07, 6.45) is 0.811. The van der Waals surface area contributed by atoms with Crippen molar-refractivity contribution in [1.82, 2.24) is 5.32 Å². The normalized spacial score (nSPS) is 10.3. The molecule has 0 aliphatic heterocycles. The third-order valence-electron chi connectivity index (χ3n) is 2.43. The zero-order valence-corrected chi connectivity index (χ0v) is 11.8. The van der Waals surface area contributed by atoms with Gasteiger partial charge in [0.1, 0.15) is 0 Å². The third kappa shape index (κ3) is 3.25. The van der Waals surface area contributed by atoms with Crippen LogP contribution in [0.3, 0.4) is 0 Å². The maximum Gasteiger partial charge on any atom is 0.254 e. The first-order valence-electron chi connectivity index (χ1n) is 5.43. The van der Waals surface area contributed by atoms with Crippen LogP contribution in [0.5, 0.6) is 0 Å². The van der Waals surface area contributed by atoms with E-state index in [2.05, 4.69) is 5.32 Å². The number of rotatable bonds is 4. The second kappa shape index (κ2) is 6.23. The predicted molar refractivity (Wildman–Crippen MR) is 76.8 cm³/mol. The van der Waals surface area contributed by atoms with Gasteiger partial charge in [0.25, 0.3) is 5.91 Å². The van der Waals surface area contributed by atoms with Crippen LogP contribution in [0.25, 0.3) is 0 Å². The quantitative estimate of drug-likeness (QED) is 0.907. The maximum atomic E-state index is 11.9. The van der Waals surface area contributed by atoms with Gasteiger partial charge in [-0.3, -0.25) is 4.79 Å². The van der Waals surface area contributed by atoms with Crippen molar-refractivity contribution in [3.63, 3.8) is 0 Å². The van der Waals surface area contributed by atoms with Gasteiger partial charge in [0.15, 0.2) is 0 Å². The molecule has 0 spiro atoms. The summed E-state index contributed by atoms with van der Waals surface area (Å²) >= 11 is 13.6. The van der Waals surface area contributed by atoms with E-state index in [0.717, 1.165) is 6.42 Å². The number of thiophene rings is 1. The summed E-state index contributed by atoms with van der Waals surface area (Å²) in [6.45, 7) is 0.570. The first-order valence-corrected chi connectivity index (χ1v) is 7.06. The molecule has 2 aromatic rings. The molecule has 0 fully saturated rings. The van der Waals surface area contributed by atoms with E-state index in [1.54, 1.807) is 29.5 Å². The van der Waals surface area contributed by atoms with Gasteiger partial charge in [-0.1, -0.05) is 35.3 Å². The summed E-state index contributed by atoms with van der Waals surface area (Å²) in [5, 5.41) is 5.58. The molecule has 0 aliphatic carbocycles. The number of carbonyl (C=O) groups is 1. The molecule has 5 heteroatoms. The van der Waals surface area contributed by atoms with Gasteiger partial charge in [-0.05, 0) is 30.0 Å². The van der Waals surface area contributed by atoms with Gasteiger partial charge in [0, 0.05) is 11.4 Å². The summed E-state index contributed by atoms with van der Waals surface area (Å²) < 4.78 is 0. The Labute approximate surface area is 120 Å². The Morgan fingerprint density at radius 3 is 2.50 bits per heavy atom. The monoisotopic (exact) mass is 299 g/mol. The van der Waals surface area contributed by atoms with Crippen LogP contribution in [0, 0.1) is 0 Å². The molecule has 0 saturated carbocycles. The Morgan fingerprint density at radius 1 is 1.17 bits per heavy atom. The molecule has 0 atom stereocenters. The van der Waals surface area contributed by atoms with Crippen molar-refractivity contribution in [2.45, 2.75) is 6.42 Å². The fraction of sp³-hybridized carbons (Fsp3) is 0.154. The Bertz CT molecular complexity index is 520. The molecular formula is C13H11Cl2NOS. The van der Waals surface area contributed by atoms with Crippen LogP contribution in [-0.2, 0) is 6.42 Å². The fourth-order valence-electron chi connectivity index (χ4n) is 1.56. The molecule has 1 aromatic carbocycles. The Hall–Kier alpha value is -1.03. The Morgan fingerprint density at radius 2 is 1.89 bits per heavy atom. The number of amides is 1. The predicted octanol–water partition coefficient (Wildman–Crippen LogP) is 4.03. The lowest BCUT2D eigenvalue weighted by Crippen LogP contribution is -2.26. The highest BCUT2D eigenvalue weighted by Gasteiger charge is 2.13. The van der Waals surface area contributed by atoms with E-state index in [1.165, 1.54) is 4.88 Å². The van der Waals surface area contributed by atoms with Gasteiger partial charge in [0.05, 0.1) is 15.6 Å².